The standard InChI is InChI=1S/C22H17NO4/c24-22(25)20-15-5-1-2-7-17(15)23-21-14(4-3-6-16(20)21)10-13-8-9-18-19(11-13)27-12-26-18/h1-2,5,7-11H,3-4,6,12H2,(H,24,25)/p-1/b14-10+. The van der Waals surface area contributed by atoms with Gasteiger partial charge in [0.2, 0.25) is 6.79 Å². The molecule has 0 saturated heterocycles. The van der Waals surface area contributed by atoms with Crippen molar-refractivity contribution in [3.05, 3.63) is 64.8 Å². The lowest BCUT2D eigenvalue weighted by Crippen LogP contribution is -2.26. The normalized spacial score (nSPS) is 16.5. The zero-order valence-corrected chi connectivity index (χ0v) is 14.5. The number of hydrogen-bond donors (Lipinski definition) is 0. The number of allylic oxidation sites excluding steroid dienone is 1. The molecule has 5 heteroatoms. The molecular formula is C22H16NO4-. The Bertz CT molecular complexity index is 1120. The maximum Gasteiger partial charge on any atom is 0.231 e. The summed E-state index contributed by atoms with van der Waals surface area (Å²) in [6, 6.07) is 13.1. The van der Waals surface area contributed by atoms with Crippen LogP contribution >= 0.6 is 0 Å². The van der Waals surface area contributed by atoms with Gasteiger partial charge in [-0.3, -0.25) is 0 Å². The van der Waals surface area contributed by atoms with Crippen LogP contribution in [0.25, 0.3) is 22.6 Å². The number of carbonyl (C=O) groups is 1. The van der Waals surface area contributed by atoms with Crippen molar-refractivity contribution in [2.24, 2.45) is 0 Å². The number of fused-ring (bicyclic) bond motifs is 3. The monoisotopic (exact) mass is 358 g/mol. The summed E-state index contributed by atoms with van der Waals surface area (Å²) in [5.41, 5.74) is 4.49. The molecule has 0 unspecified atom stereocenters. The first kappa shape index (κ1) is 15.9. The minimum Gasteiger partial charge on any atom is -0.545 e. The Balaban J connectivity index is 1.69. The quantitative estimate of drug-likeness (QED) is 0.703. The van der Waals surface area contributed by atoms with Crippen molar-refractivity contribution in [2.75, 3.05) is 6.79 Å². The number of carbonyl (C=O) groups excluding carboxylic acids is 1. The second kappa shape index (κ2) is 6.13. The van der Waals surface area contributed by atoms with E-state index in [0.29, 0.717) is 17.3 Å². The summed E-state index contributed by atoms with van der Waals surface area (Å²) in [5, 5.41) is 12.5. The van der Waals surface area contributed by atoms with Crippen LogP contribution in [0.5, 0.6) is 11.5 Å². The van der Waals surface area contributed by atoms with Gasteiger partial charge in [0, 0.05) is 10.9 Å². The smallest absolute Gasteiger partial charge is 0.231 e. The van der Waals surface area contributed by atoms with E-state index in [2.05, 4.69) is 6.08 Å². The summed E-state index contributed by atoms with van der Waals surface area (Å²) in [7, 11) is 0. The molecule has 0 saturated carbocycles. The Labute approximate surface area is 155 Å². The van der Waals surface area contributed by atoms with Gasteiger partial charge < -0.3 is 19.4 Å². The topological polar surface area (TPSA) is 71.5 Å². The summed E-state index contributed by atoms with van der Waals surface area (Å²) in [4.78, 5) is 16.7. The average molecular weight is 358 g/mol. The highest BCUT2D eigenvalue weighted by atomic mass is 16.7. The molecule has 0 radical (unpaired) electrons. The number of carboxylic acids is 1. The second-order valence-corrected chi connectivity index (χ2v) is 6.75. The summed E-state index contributed by atoms with van der Waals surface area (Å²) in [6.45, 7) is 0.237. The minimum absolute atomic E-state index is 0.237. The SMILES string of the molecule is O=C([O-])c1c2c(nc3ccccc13)/C(=C/c1ccc3c(c1)OCO3)CCC2. The van der Waals surface area contributed by atoms with Crippen molar-refractivity contribution in [3.8, 4) is 11.5 Å². The molecule has 1 aliphatic heterocycles. The number of aromatic carboxylic acids is 1. The lowest BCUT2D eigenvalue weighted by molar-refractivity contribution is -0.254. The molecular weight excluding hydrogens is 342 g/mol. The summed E-state index contributed by atoms with van der Waals surface area (Å²) < 4.78 is 10.8. The number of hydrogen-bond acceptors (Lipinski definition) is 5. The highest BCUT2D eigenvalue weighted by molar-refractivity contribution is 6.05. The molecule has 2 heterocycles. The molecule has 134 valence electrons. The number of aromatic nitrogens is 1. The number of rotatable bonds is 2. The highest BCUT2D eigenvalue weighted by Gasteiger charge is 2.22. The molecule has 5 rings (SSSR count). The van der Waals surface area contributed by atoms with Crippen LogP contribution in [0, 0.1) is 0 Å². The first-order valence-corrected chi connectivity index (χ1v) is 8.94. The molecule has 0 fully saturated rings. The number of pyridine rings is 1. The van der Waals surface area contributed by atoms with E-state index in [-0.39, 0.29) is 12.4 Å². The molecule has 2 aliphatic rings. The summed E-state index contributed by atoms with van der Waals surface area (Å²) in [5.74, 6) is 0.320. The first-order valence-electron chi connectivity index (χ1n) is 8.94. The number of para-hydroxylation sites is 1. The number of ether oxygens (including phenoxy) is 2. The number of carboxylic acid groups (broad SMARTS) is 1. The second-order valence-electron chi connectivity index (χ2n) is 6.75. The van der Waals surface area contributed by atoms with Gasteiger partial charge in [0.25, 0.3) is 0 Å². The summed E-state index contributed by atoms with van der Waals surface area (Å²) >= 11 is 0. The van der Waals surface area contributed by atoms with Crippen molar-refractivity contribution >= 4 is 28.5 Å². The van der Waals surface area contributed by atoms with E-state index in [1.165, 1.54) is 0 Å². The van der Waals surface area contributed by atoms with Gasteiger partial charge >= 0.3 is 0 Å². The molecule has 3 aromatic rings. The van der Waals surface area contributed by atoms with E-state index in [1.54, 1.807) is 6.07 Å². The molecule has 0 N–H and O–H groups in total. The van der Waals surface area contributed by atoms with E-state index >= 15 is 0 Å². The highest BCUT2D eigenvalue weighted by Crippen LogP contribution is 2.38. The van der Waals surface area contributed by atoms with Crippen molar-refractivity contribution in [1.29, 1.82) is 0 Å². The maximum atomic E-state index is 11.9. The van der Waals surface area contributed by atoms with Gasteiger partial charge in [-0.05, 0) is 60.2 Å². The van der Waals surface area contributed by atoms with Crippen molar-refractivity contribution in [2.45, 2.75) is 19.3 Å². The van der Waals surface area contributed by atoms with Crippen LogP contribution in [0.15, 0.2) is 42.5 Å². The Morgan fingerprint density at radius 1 is 1.07 bits per heavy atom. The van der Waals surface area contributed by atoms with Crippen LogP contribution in [0.4, 0.5) is 0 Å². The Kier molecular flexibility index (Phi) is 3.60. The molecule has 5 nitrogen and oxygen atoms in total. The number of nitrogens with zero attached hydrogens (tertiary/aromatic N) is 1. The van der Waals surface area contributed by atoms with E-state index < -0.39 is 5.97 Å². The molecule has 0 atom stereocenters. The lowest BCUT2D eigenvalue weighted by Gasteiger charge is -2.23. The predicted molar refractivity (Wildman–Crippen MR) is 99.4 cm³/mol. The van der Waals surface area contributed by atoms with Crippen LogP contribution in [-0.4, -0.2) is 17.7 Å². The van der Waals surface area contributed by atoms with Crippen LogP contribution in [0.2, 0.25) is 0 Å². The van der Waals surface area contributed by atoms with Crippen LogP contribution in [-0.2, 0) is 6.42 Å². The van der Waals surface area contributed by atoms with Crippen molar-refractivity contribution in [3.63, 3.8) is 0 Å². The van der Waals surface area contributed by atoms with Gasteiger partial charge in [-0.15, -0.1) is 0 Å². The van der Waals surface area contributed by atoms with Gasteiger partial charge in [0.05, 0.1) is 17.2 Å². The molecule has 27 heavy (non-hydrogen) atoms. The van der Waals surface area contributed by atoms with Crippen molar-refractivity contribution in [1.82, 2.24) is 4.98 Å². The Hall–Kier alpha value is -3.34. The lowest BCUT2D eigenvalue weighted by atomic mass is 9.86. The van der Waals surface area contributed by atoms with E-state index in [9.17, 15) is 9.90 Å². The van der Waals surface area contributed by atoms with Gasteiger partial charge in [-0.1, -0.05) is 24.3 Å². The fourth-order valence-electron chi connectivity index (χ4n) is 3.91. The van der Waals surface area contributed by atoms with Crippen LogP contribution in [0.1, 0.15) is 40.0 Å². The van der Waals surface area contributed by atoms with Gasteiger partial charge in [0.1, 0.15) is 0 Å². The third-order valence-corrected chi connectivity index (χ3v) is 5.11. The predicted octanol–water partition coefficient (Wildman–Crippen LogP) is 3.20. The molecule has 0 spiro atoms. The van der Waals surface area contributed by atoms with E-state index in [1.807, 2.05) is 36.4 Å². The third-order valence-electron chi connectivity index (χ3n) is 5.11. The van der Waals surface area contributed by atoms with Crippen LogP contribution < -0.4 is 14.6 Å². The van der Waals surface area contributed by atoms with Crippen LogP contribution in [0.3, 0.4) is 0 Å². The number of benzene rings is 2. The minimum atomic E-state index is -1.14. The largest absolute Gasteiger partial charge is 0.545 e. The summed E-state index contributed by atoms with van der Waals surface area (Å²) in [6.07, 6.45) is 4.47. The Morgan fingerprint density at radius 3 is 2.81 bits per heavy atom. The van der Waals surface area contributed by atoms with Gasteiger partial charge in [-0.2, -0.15) is 0 Å². The van der Waals surface area contributed by atoms with E-state index in [0.717, 1.165) is 46.7 Å². The zero-order valence-electron chi connectivity index (χ0n) is 14.5. The maximum absolute atomic E-state index is 11.9. The van der Waals surface area contributed by atoms with Gasteiger partial charge in [-0.25, -0.2) is 4.98 Å². The molecule has 2 aromatic carbocycles. The van der Waals surface area contributed by atoms with E-state index in [4.69, 9.17) is 14.5 Å². The zero-order chi connectivity index (χ0) is 18.4. The molecule has 0 amide bonds. The average Bonchev–Trinajstić information content (AvgIpc) is 3.14. The van der Waals surface area contributed by atoms with Crippen molar-refractivity contribution < 1.29 is 19.4 Å². The molecule has 1 aromatic heterocycles. The third kappa shape index (κ3) is 2.63. The molecule has 0 bridgehead atoms. The molecule has 1 aliphatic carbocycles. The fraction of sp³-hybridized carbons (Fsp3) is 0.182. The first-order chi connectivity index (χ1) is 13.2. The van der Waals surface area contributed by atoms with Gasteiger partial charge in [0.15, 0.2) is 11.5 Å². The fourth-order valence-corrected chi connectivity index (χ4v) is 3.91. The Morgan fingerprint density at radius 2 is 1.93 bits per heavy atom.